The first kappa shape index (κ1) is 18.5. The Morgan fingerprint density at radius 2 is 1.86 bits per heavy atom. The summed E-state index contributed by atoms with van der Waals surface area (Å²) in [6.45, 7) is -0.498. The molecule has 3 N–H and O–H groups in total. The third-order valence-electron chi connectivity index (χ3n) is 4.60. The molecule has 1 aromatic heterocycles. The summed E-state index contributed by atoms with van der Waals surface area (Å²) in [5, 5.41) is 41.6. The van der Waals surface area contributed by atoms with Crippen molar-refractivity contribution in [3.05, 3.63) is 58.8 Å². The summed E-state index contributed by atoms with van der Waals surface area (Å²) in [5.41, 5.74) is 0.571. The smallest absolute Gasteiger partial charge is 0.229 e. The van der Waals surface area contributed by atoms with Gasteiger partial charge in [0.2, 0.25) is 6.29 Å². The van der Waals surface area contributed by atoms with Crippen molar-refractivity contribution in [2.24, 2.45) is 0 Å². The highest BCUT2D eigenvalue weighted by Gasteiger charge is 2.43. The minimum absolute atomic E-state index is 0.110. The summed E-state index contributed by atoms with van der Waals surface area (Å²) < 4.78 is 16.3. The molecule has 4 atom stereocenters. The van der Waals surface area contributed by atoms with Gasteiger partial charge in [-0.1, -0.05) is 23.9 Å². The number of hydrogen-bond acceptors (Lipinski definition) is 8. The van der Waals surface area contributed by atoms with Crippen LogP contribution in [0.25, 0.3) is 22.3 Å². The van der Waals surface area contributed by atoms with Crippen LogP contribution in [0.5, 0.6) is 11.5 Å². The monoisotopic (exact) mass is 385 g/mol. The van der Waals surface area contributed by atoms with Crippen LogP contribution in [0.15, 0.2) is 57.7 Å². The zero-order valence-electron chi connectivity index (χ0n) is 14.5. The molecule has 1 saturated heterocycles. The van der Waals surface area contributed by atoms with Crippen molar-refractivity contribution in [1.29, 1.82) is 0 Å². The van der Waals surface area contributed by atoms with E-state index in [2.05, 4.69) is 0 Å². The van der Waals surface area contributed by atoms with Gasteiger partial charge in [-0.05, 0) is 24.3 Å². The molecule has 1 aliphatic heterocycles. The van der Waals surface area contributed by atoms with Gasteiger partial charge in [0.15, 0.2) is 5.43 Å². The molecule has 0 spiro atoms. The molecule has 0 saturated carbocycles. The molecule has 4 rings (SSSR count). The van der Waals surface area contributed by atoms with Crippen LogP contribution in [0.2, 0.25) is 0 Å². The van der Waals surface area contributed by atoms with Crippen molar-refractivity contribution in [2.75, 3.05) is 6.61 Å². The highest BCUT2D eigenvalue weighted by molar-refractivity contribution is 5.78. The van der Waals surface area contributed by atoms with Crippen molar-refractivity contribution >= 4 is 11.0 Å². The number of fused-ring (bicyclic) bond motifs is 1. The van der Waals surface area contributed by atoms with Crippen LogP contribution < -0.4 is 15.3 Å². The van der Waals surface area contributed by atoms with E-state index in [4.69, 9.17) is 19.0 Å². The maximum Gasteiger partial charge on any atom is 0.229 e. The molecule has 146 valence electrons. The Morgan fingerprint density at radius 3 is 2.57 bits per heavy atom. The first-order valence-corrected chi connectivity index (χ1v) is 8.61. The first-order valence-electron chi connectivity index (χ1n) is 8.61. The van der Waals surface area contributed by atoms with Gasteiger partial charge in [0.25, 0.3) is 0 Å². The lowest BCUT2D eigenvalue weighted by molar-refractivity contribution is -0.272. The van der Waals surface area contributed by atoms with Crippen molar-refractivity contribution < 1.29 is 34.3 Å². The zero-order valence-corrected chi connectivity index (χ0v) is 14.5. The Morgan fingerprint density at radius 1 is 1.07 bits per heavy atom. The molecule has 28 heavy (non-hydrogen) atoms. The van der Waals surface area contributed by atoms with Gasteiger partial charge in [-0.15, -0.1) is 0 Å². The zero-order chi connectivity index (χ0) is 19.8. The second kappa shape index (κ2) is 7.25. The Balaban J connectivity index is 1.61. The third kappa shape index (κ3) is 3.23. The number of hydrogen-bond donors (Lipinski definition) is 3. The van der Waals surface area contributed by atoms with Crippen molar-refractivity contribution in [3.8, 4) is 22.8 Å². The number of ether oxygens (including phenoxy) is 2. The summed E-state index contributed by atoms with van der Waals surface area (Å²) in [4.78, 5) is 12.2. The Labute approximate surface area is 158 Å². The fourth-order valence-electron chi connectivity index (χ4n) is 3.09. The molecule has 1 fully saturated rings. The van der Waals surface area contributed by atoms with Gasteiger partial charge in [0.1, 0.15) is 35.4 Å². The number of para-hydroxylation sites is 1. The van der Waals surface area contributed by atoms with Crippen LogP contribution in [0.3, 0.4) is 0 Å². The summed E-state index contributed by atoms with van der Waals surface area (Å²) in [5.74, 6) is -0.395. The molecule has 0 radical (unpaired) electrons. The average Bonchev–Trinajstić information content (AvgIpc) is 2.97. The molecular weight excluding hydrogens is 368 g/mol. The van der Waals surface area contributed by atoms with Crippen molar-refractivity contribution in [2.45, 2.75) is 24.6 Å². The van der Waals surface area contributed by atoms with E-state index in [1.807, 2.05) is 0 Å². The van der Waals surface area contributed by atoms with E-state index >= 15 is 0 Å². The van der Waals surface area contributed by atoms with E-state index in [0.29, 0.717) is 16.5 Å². The molecular formula is C20H17O8-. The lowest BCUT2D eigenvalue weighted by Gasteiger charge is -2.21. The molecule has 0 aliphatic carbocycles. The van der Waals surface area contributed by atoms with Gasteiger partial charge >= 0.3 is 0 Å². The number of benzene rings is 2. The lowest BCUT2D eigenvalue weighted by Crippen LogP contribution is -2.35. The molecule has 8 heteroatoms. The van der Waals surface area contributed by atoms with Gasteiger partial charge in [0.05, 0.1) is 12.0 Å². The Kier molecular flexibility index (Phi) is 4.78. The fraction of sp³-hybridized carbons (Fsp3) is 0.250. The maximum atomic E-state index is 12.4. The van der Waals surface area contributed by atoms with Crippen LogP contribution in [0, 0.1) is 0 Å². The van der Waals surface area contributed by atoms with Gasteiger partial charge < -0.3 is 34.3 Å². The standard InChI is InChI=1S/C20H18O8/c21-9-17-18(24)19(25)20(28-17)27-15-6-5-10(7-13(15)23)16-8-12(22)11-3-1-2-4-14(11)26-16/h1-8,17-21,23-25H,9H2/p-1. The van der Waals surface area contributed by atoms with E-state index < -0.39 is 37.0 Å². The molecule has 8 nitrogen and oxygen atoms in total. The van der Waals surface area contributed by atoms with Crippen molar-refractivity contribution in [3.63, 3.8) is 0 Å². The van der Waals surface area contributed by atoms with Crippen molar-refractivity contribution in [1.82, 2.24) is 0 Å². The number of aliphatic hydroxyl groups excluding tert-OH is 3. The third-order valence-corrected chi connectivity index (χ3v) is 4.60. The van der Waals surface area contributed by atoms with Crippen LogP contribution in [0.1, 0.15) is 0 Å². The number of rotatable bonds is 4. The largest absolute Gasteiger partial charge is 0.870 e. The van der Waals surface area contributed by atoms with Crippen LogP contribution in [-0.4, -0.2) is 46.5 Å². The van der Waals surface area contributed by atoms with E-state index in [1.54, 1.807) is 24.3 Å². The molecule has 3 aromatic rings. The number of aliphatic hydroxyl groups is 3. The summed E-state index contributed by atoms with van der Waals surface area (Å²) in [7, 11) is 0. The highest BCUT2D eigenvalue weighted by atomic mass is 16.7. The Bertz CT molecular complexity index is 1060. The molecule has 1 aliphatic rings. The molecule has 2 heterocycles. The second-order valence-electron chi connectivity index (χ2n) is 6.46. The molecule has 0 amide bonds. The fourth-order valence-corrected chi connectivity index (χ4v) is 3.09. The molecule has 2 aromatic carbocycles. The topological polar surface area (TPSA) is 132 Å². The lowest BCUT2D eigenvalue weighted by atomic mass is 10.1. The predicted octanol–water partition coefficient (Wildman–Crippen LogP) is 0.351. The van der Waals surface area contributed by atoms with Gasteiger partial charge in [0, 0.05) is 11.6 Å². The quantitative estimate of drug-likeness (QED) is 0.586. The maximum absolute atomic E-state index is 12.4. The predicted molar refractivity (Wildman–Crippen MR) is 95.8 cm³/mol. The van der Waals surface area contributed by atoms with E-state index in [-0.39, 0.29) is 16.9 Å². The molecule has 0 bridgehead atoms. The van der Waals surface area contributed by atoms with Crippen LogP contribution in [-0.2, 0) is 4.74 Å². The first-order chi connectivity index (χ1) is 13.5. The summed E-state index contributed by atoms with van der Waals surface area (Å²) in [6.07, 6.45) is -5.02. The van der Waals surface area contributed by atoms with E-state index in [1.165, 1.54) is 24.3 Å². The van der Waals surface area contributed by atoms with Gasteiger partial charge in [-0.25, -0.2) is 0 Å². The SMILES string of the molecule is O=c1cc(-c2ccc(OC3OC(CO)C(O)C3O)c([O-])c2)oc2ccccc12. The average molecular weight is 385 g/mol. The van der Waals surface area contributed by atoms with Gasteiger partial charge in [-0.2, -0.15) is 0 Å². The normalized spacial score (nSPS) is 24.5. The van der Waals surface area contributed by atoms with Crippen LogP contribution in [0.4, 0.5) is 0 Å². The highest BCUT2D eigenvalue weighted by Crippen LogP contribution is 2.33. The van der Waals surface area contributed by atoms with E-state index in [0.717, 1.165) is 0 Å². The van der Waals surface area contributed by atoms with Gasteiger partial charge in [-0.3, -0.25) is 4.79 Å². The summed E-state index contributed by atoms with van der Waals surface area (Å²) >= 11 is 0. The minimum atomic E-state index is -1.41. The second-order valence-corrected chi connectivity index (χ2v) is 6.46. The van der Waals surface area contributed by atoms with E-state index in [9.17, 15) is 20.1 Å². The minimum Gasteiger partial charge on any atom is -0.870 e. The Hall–Kier alpha value is -2.91. The molecule has 4 unspecified atom stereocenters. The summed E-state index contributed by atoms with van der Waals surface area (Å²) in [6, 6.07) is 12.2. The van der Waals surface area contributed by atoms with Crippen LogP contribution >= 0.6 is 0 Å².